The maximum atomic E-state index is 12.3. The van der Waals surface area contributed by atoms with Crippen LogP contribution in [0.3, 0.4) is 0 Å². The highest BCUT2D eigenvalue weighted by molar-refractivity contribution is 5.92. The minimum absolute atomic E-state index is 0.0571. The van der Waals surface area contributed by atoms with E-state index in [0.717, 1.165) is 35.3 Å². The van der Waals surface area contributed by atoms with Crippen molar-refractivity contribution in [3.8, 4) is 0 Å². The number of hydrogen-bond acceptors (Lipinski definition) is 4. The van der Waals surface area contributed by atoms with Gasteiger partial charge in [-0.25, -0.2) is 14.5 Å². The second kappa shape index (κ2) is 6.19. The van der Waals surface area contributed by atoms with Gasteiger partial charge >= 0.3 is 6.03 Å². The van der Waals surface area contributed by atoms with Crippen molar-refractivity contribution in [1.29, 1.82) is 0 Å². The molecule has 3 aromatic rings. The molecule has 0 unspecified atom stereocenters. The third kappa shape index (κ3) is 3.19. The fraction of sp³-hybridized carbons (Fsp3) is 0.412. The summed E-state index contributed by atoms with van der Waals surface area (Å²) < 4.78 is 3.77. The van der Waals surface area contributed by atoms with Crippen LogP contribution in [0, 0.1) is 0 Å². The minimum atomic E-state index is -0.204. The largest absolute Gasteiger partial charge is 0.333 e. The lowest BCUT2D eigenvalue weighted by Gasteiger charge is -2.23. The zero-order chi connectivity index (χ0) is 17.4. The average molecular weight is 339 g/mol. The van der Waals surface area contributed by atoms with Crippen molar-refractivity contribution in [2.75, 3.05) is 5.32 Å². The lowest BCUT2D eigenvalue weighted by Crippen LogP contribution is -2.43. The Morgan fingerprint density at radius 1 is 1.36 bits per heavy atom. The predicted molar refractivity (Wildman–Crippen MR) is 94.4 cm³/mol. The Bertz CT molecular complexity index is 911. The Morgan fingerprint density at radius 2 is 2.24 bits per heavy atom. The minimum Gasteiger partial charge on any atom is -0.333 e. The van der Waals surface area contributed by atoms with E-state index in [2.05, 4.69) is 39.7 Å². The topological polar surface area (TPSA) is 89.7 Å². The van der Waals surface area contributed by atoms with E-state index in [4.69, 9.17) is 0 Å². The quantitative estimate of drug-likeness (QED) is 0.766. The van der Waals surface area contributed by atoms with Crippen LogP contribution in [0.4, 0.5) is 10.5 Å². The number of urea groups is 1. The molecule has 2 amide bonds. The fourth-order valence-corrected chi connectivity index (χ4v) is 3.10. The number of nitrogens with one attached hydrogen (secondary N) is 2. The van der Waals surface area contributed by atoms with Gasteiger partial charge in [-0.2, -0.15) is 10.2 Å². The van der Waals surface area contributed by atoms with Gasteiger partial charge in [0.25, 0.3) is 0 Å². The Kier molecular flexibility index (Phi) is 3.87. The fourth-order valence-electron chi connectivity index (χ4n) is 3.10. The summed E-state index contributed by atoms with van der Waals surface area (Å²) in [5.74, 6) is 0.978. The first-order valence-electron chi connectivity index (χ1n) is 8.51. The standard InChI is InChI=1S/C17H21N7O/c1-11(2)23-8-12-7-13(3-5-15(12)22-23)20-17(25)21-14-4-6-16-18-10-19-24(16)9-14/h3,5,7-8,10-11,14H,4,6,9H2,1-2H3,(H2,20,21,25)/t14-/m1/s1. The molecular weight excluding hydrogens is 318 g/mol. The molecule has 0 bridgehead atoms. The summed E-state index contributed by atoms with van der Waals surface area (Å²) in [7, 11) is 0. The summed E-state index contributed by atoms with van der Waals surface area (Å²) in [5, 5.41) is 15.6. The van der Waals surface area contributed by atoms with Crippen molar-refractivity contribution in [2.24, 2.45) is 0 Å². The van der Waals surface area contributed by atoms with Crippen LogP contribution < -0.4 is 10.6 Å². The van der Waals surface area contributed by atoms with E-state index in [1.165, 1.54) is 0 Å². The number of amides is 2. The number of carbonyl (C=O) groups is 1. The van der Waals surface area contributed by atoms with Crippen molar-refractivity contribution < 1.29 is 4.79 Å². The molecule has 1 aliphatic rings. The van der Waals surface area contributed by atoms with E-state index in [1.54, 1.807) is 6.33 Å². The first kappa shape index (κ1) is 15.6. The van der Waals surface area contributed by atoms with Crippen LogP contribution in [0.15, 0.2) is 30.7 Å². The number of carbonyl (C=O) groups excluding carboxylic acids is 1. The first-order valence-corrected chi connectivity index (χ1v) is 8.51. The molecule has 8 heteroatoms. The third-order valence-electron chi connectivity index (χ3n) is 4.45. The number of hydrogen-bond donors (Lipinski definition) is 2. The van der Waals surface area contributed by atoms with Gasteiger partial charge in [-0.1, -0.05) is 0 Å². The van der Waals surface area contributed by atoms with Gasteiger partial charge in [-0.15, -0.1) is 0 Å². The van der Waals surface area contributed by atoms with Gasteiger partial charge in [0, 0.05) is 29.7 Å². The van der Waals surface area contributed by atoms with E-state index >= 15 is 0 Å². The number of aryl methyl sites for hydroxylation is 1. The monoisotopic (exact) mass is 339 g/mol. The maximum Gasteiger partial charge on any atom is 0.319 e. The molecule has 2 aromatic heterocycles. The summed E-state index contributed by atoms with van der Waals surface area (Å²) in [6.45, 7) is 4.83. The Balaban J connectivity index is 1.41. The summed E-state index contributed by atoms with van der Waals surface area (Å²) in [6.07, 6.45) is 5.25. The van der Waals surface area contributed by atoms with Gasteiger partial charge in [0.1, 0.15) is 12.2 Å². The van der Waals surface area contributed by atoms with Crippen molar-refractivity contribution in [3.05, 3.63) is 36.5 Å². The van der Waals surface area contributed by atoms with Crippen molar-refractivity contribution in [3.63, 3.8) is 0 Å². The van der Waals surface area contributed by atoms with Gasteiger partial charge in [-0.05, 0) is 38.5 Å². The summed E-state index contributed by atoms with van der Waals surface area (Å²) in [4.78, 5) is 16.5. The lowest BCUT2D eigenvalue weighted by molar-refractivity contribution is 0.243. The Morgan fingerprint density at radius 3 is 3.08 bits per heavy atom. The highest BCUT2D eigenvalue weighted by Gasteiger charge is 2.21. The summed E-state index contributed by atoms with van der Waals surface area (Å²) >= 11 is 0. The normalized spacial score (nSPS) is 16.8. The van der Waals surface area contributed by atoms with Crippen LogP contribution in [0.25, 0.3) is 10.9 Å². The number of benzene rings is 1. The smallest absolute Gasteiger partial charge is 0.319 e. The SMILES string of the molecule is CC(C)n1cc2cc(NC(=O)N[C@@H]3CCc4ncnn4C3)ccc2n1. The molecule has 25 heavy (non-hydrogen) atoms. The number of nitrogens with zero attached hydrogens (tertiary/aromatic N) is 5. The molecule has 1 atom stereocenters. The Hall–Kier alpha value is -2.90. The van der Waals surface area contributed by atoms with Gasteiger partial charge in [0.2, 0.25) is 0 Å². The highest BCUT2D eigenvalue weighted by Crippen LogP contribution is 2.20. The second-order valence-corrected chi connectivity index (χ2v) is 6.67. The number of rotatable bonds is 3. The molecule has 130 valence electrons. The molecule has 0 saturated carbocycles. The van der Waals surface area contributed by atoms with Crippen LogP contribution >= 0.6 is 0 Å². The number of aromatic nitrogens is 5. The van der Waals surface area contributed by atoms with Gasteiger partial charge in [0.05, 0.1) is 18.1 Å². The molecular formula is C17H21N7O. The van der Waals surface area contributed by atoms with Crippen LogP contribution in [0.1, 0.15) is 32.1 Å². The Labute approximate surface area is 145 Å². The molecule has 0 saturated heterocycles. The number of fused-ring (bicyclic) bond motifs is 2. The maximum absolute atomic E-state index is 12.3. The molecule has 0 radical (unpaired) electrons. The molecule has 1 aliphatic heterocycles. The molecule has 0 fully saturated rings. The second-order valence-electron chi connectivity index (χ2n) is 6.67. The van der Waals surface area contributed by atoms with Crippen LogP contribution in [-0.4, -0.2) is 36.6 Å². The van der Waals surface area contributed by atoms with Gasteiger partial charge < -0.3 is 10.6 Å². The molecule has 4 rings (SSSR count). The van der Waals surface area contributed by atoms with Crippen molar-refractivity contribution in [1.82, 2.24) is 29.9 Å². The lowest BCUT2D eigenvalue weighted by atomic mass is 10.1. The molecule has 3 heterocycles. The van der Waals surface area contributed by atoms with Crippen molar-refractivity contribution >= 4 is 22.6 Å². The van der Waals surface area contributed by atoms with Crippen LogP contribution in [0.2, 0.25) is 0 Å². The molecule has 8 nitrogen and oxygen atoms in total. The summed E-state index contributed by atoms with van der Waals surface area (Å²) in [6, 6.07) is 5.89. The van der Waals surface area contributed by atoms with Gasteiger partial charge in [0.15, 0.2) is 0 Å². The molecule has 1 aromatic carbocycles. The van der Waals surface area contributed by atoms with E-state index in [9.17, 15) is 4.79 Å². The predicted octanol–water partition coefficient (Wildman–Crippen LogP) is 2.35. The number of anilines is 1. The van der Waals surface area contributed by atoms with E-state index in [1.807, 2.05) is 33.8 Å². The average Bonchev–Trinajstić information content (AvgIpc) is 3.20. The van der Waals surface area contributed by atoms with E-state index in [-0.39, 0.29) is 12.1 Å². The van der Waals surface area contributed by atoms with Crippen molar-refractivity contribution in [2.45, 2.75) is 45.3 Å². The van der Waals surface area contributed by atoms with Crippen LogP contribution in [-0.2, 0) is 13.0 Å². The summed E-state index contributed by atoms with van der Waals surface area (Å²) in [5.41, 5.74) is 1.68. The van der Waals surface area contributed by atoms with Gasteiger partial charge in [-0.3, -0.25) is 4.68 Å². The molecule has 2 N–H and O–H groups in total. The third-order valence-corrected chi connectivity index (χ3v) is 4.45. The van der Waals surface area contributed by atoms with Crippen LogP contribution in [0.5, 0.6) is 0 Å². The zero-order valence-corrected chi connectivity index (χ0v) is 14.3. The van der Waals surface area contributed by atoms with E-state index < -0.39 is 0 Å². The first-order chi connectivity index (χ1) is 12.1. The highest BCUT2D eigenvalue weighted by atomic mass is 16.2. The molecule has 0 aliphatic carbocycles. The molecule has 0 spiro atoms. The van der Waals surface area contributed by atoms with E-state index in [0.29, 0.717) is 12.6 Å². The zero-order valence-electron chi connectivity index (χ0n) is 14.3.